The third kappa shape index (κ3) is 3.94. The summed E-state index contributed by atoms with van der Waals surface area (Å²) in [6.45, 7) is 1.69. The number of halogens is 1. The monoisotopic (exact) mass is 347 g/mol. The topological polar surface area (TPSA) is 84.1 Å². The zero-order valence-corrected chi connectivity index (χ0v) is 14.0. The van der Waals surface area contributed by atoms with Gasteiger partial charge in [-0.1, -0.05) is 17.7 Å². The van der Waals surface area contributed by atoms with Crippen molar-refractivity contribution < 1.29 is 9.53 Å². The Morgan fingerprint density at radius 2 is 2.29 bits per heavy atom. The first kappa shape index (κ1) is 16.5. The van der Waals surface area contributed by atoms with Gasteiger partial charge in [-0.05, 0) is 49.9 Å². The van der Waals surface area contributed by atoms with Gasteiger partial charge >= 0.3 is 0 Å². The van der Waals surface area contributed by atoms with E-state index in [4.69, 9.17) is 16.3 Å². The third-order valence-corrected chi connectivity index (χ3v) is 4.23. The van der Waals surface area contributed by atoms with Crippen LogP contribution in [0.25, 0.3) is 0 Å². The van der Waals surface area contributed by atoms with Crippen molar-refractivity contribution in [2.45, 2.75) is 38.3 Å². The van der Waals surface area contributed by atoms with Gasteiger partial charge in [0.05, 0.1) is 5.69 Å². The first-order chi connectivity index (χ1) is 11.5. The van der Waals surface area contributed by atoms with Gasteiger partial charge in [-0.3, -0.25) is 9.59 Å². The van der Waals surface area contributed by atoms with Crippen LogP contribution in [0.15, 0.2) is 35.1 Å². The van der Waals surface area contributed by atoms with E-state index in [0.29, 0.717) is 17.2 Å². The number of nitrogens with zero attached hydrogens (tertiary/aromatic N) is 1. The van der Waals surface area contributed by atoms with Crippen LogP contribution in [-0.4, -0.2) is 28.3 Å². The highest BCUT2D eigenvalue weighted by molar-refractivity contribution is 6.30. The maximum absolute atomic E-state index is 12.3. The highest BCUT2D eigenvalue weighted by Crippen LogP contribution is 2.20. The first-order valence-electron chi connectivity index (χ1n) is 7.81. The molecule has 0 aliphatic heterocycles. The molecule has 2 aromatic rings. The van der Waals surface area contributed by atoms with Crippen LogP contribution in [0.4, 0.5) is 0 Å². The first-order valence-corrected chi connectivity index (χ1v) is 8.19. The summed E-state index contributed by atoms with van der Waals surface area (Å²) in [5, 5.41) is 10.0. The van der Waals surface area contributed by atoms with Crippen molar-refractivity contribution in [2.24, 2.45) is 0 Å². The Labute approximate surface area is 144 Å². The van der Waals surface area contributed by atoms with Crippen LogP contribution < -0.4 is 15.6 Å². The summed E-state index contributed by atoms with van der Waals surface area (Å²) in [5.41, 5.74) is 1.56. The van der Waals surface area contributed by atoms with E-state index in [1.165, 1.54) is 0 Å². The molecule has 1 heterocycles. The minimum absolute atomic E-state index is 0.0287. The van der Waals surface area contributed by atoms with E-state index < -0.39 is 6.10 Å². The number of amides is 1. The average molecular weight is 348 g/mol. The number of aromatic nitrogens is 2. The zero-order chi connectivity index (χ0) is 17.1. The fraction of sp³-hybridized carbons (Fsp3) is 0.353. The summed E-state index contributed by atoms with van der Waals surface area (Å²) in [5.74, 6) is 0.357. The van der Waals surface area contributed by atoms with Gasteiger partial charge in [-0.2, -0.15) is 5.10 Å². The molecule has 126 valence electrons. The molecule has 2 atom stereocenters. The van der Waals surface area contributed by atoms with Gasteiger partial charge in [0.1, 0.15) is 5.75 Å². The van der Waals surface area contributed by atoms with Crippen molar-refractivity contribution >= 4 is 17.5 Å². The van der Waals surface area contributed by atoms with Gasteiger partial charge in [-0.25, -0.2) is 5.10 Å². The van der Waals surface area contributed by atoms with Crippen LogP contribution in [0, 0.1) is 0 Å². The minimum atomic E-state index is -0.637. The number of hydrogen-bond donors (Lipinski definition) is 2. The van der Waals surface area contributed by atoms with E-state index in [-0.39, 0.29) is 17.5 Å². The van der Waals surface area contributed by atoms with Gasteiger partial charge < -0.3 is 10.1 Å². The van der Waals surface area contributed by atoms with Crippen LogP contribution >= 0.6 is 11.6 Å². The number of aryl methyl sites for hydroxylation is 1. The van der Waals surface area contributed by atoms with Crippen LogP contribution in [0.2, 0.25) is 5.02 Å². The second-order valence-electron chi connectivity index (χ2n) is 5.87. The molecule has 7 heteroatoms. The molecule has 2 N–H and O–H groups in total. The van der Waals surface area contributed by atoms with Crippen molar-refractivity contribution in [1.29, 1.82) is 0 Å². The number of aromatic amines is 1. The molecule has 0 fully saturated rings. The maximum Gasteiger partial charge on any atom is 0.264 e. The molecule has 1 aliphatic carbocycles. The number of ether oxygens (including phenoxy) is 1. The number of rotatable bonds is 4. The SMILES string of the molecule is C[C@H](Oc1cccc(Cl)c1)C(=O)N[C@H]1CCc2n[nH]c(=O)cc2C1. The third-order valence-electron chi connectivity index (χ3n) is 4.00. The summed E-state index contributed by atoms with van der Waals surface area (Å²) in [6.07, 6.45) is 1.46. The normalized spacial score (nSPS) is 17.7. The average Bonchev–Trinajstić information content (AvgIpc) is 2.54. The van der Waals surface area contributed by atoms with Crippen molar-refractivity contribution in [3.05, 3.63) is 57.0 Å². The number of carbonyl (C=O) groups is 1. The summed E-state index contributed by atoms with van der Waals surface area (Å²) < 4.78 is 5.62. The lowest BCUT2D eigenvalue weighted by molar-refractivity contribution is -0.128. The lowest BCUT2D eigenvalue weighted by Gasteiger charge is -2.25. The molecule has 1 aromatic carbocycles. The van der Waals surface area contributed by atoms with E-state index in [1.807, 2.05) is 0 Å². The molecule has 1 aliphatic rings. The number of H-pyrrole nitrogens is 1. The molecule has 0 bridgehead atoms. The standard InChI is InChI=1S/C17H18ClN3O3/c1-10(24-14-4-2-3-12(18)9-14)17(23)19-13-5-6-15-11(7-13)8-16(22)21-20-15/h2-4,8-10,13H,5-7H2,1H3,(H,19,23)(H,21,22)/t10-,13-/m0/s1. The Hall–Kier alpha value is -2.34. The number of nitrogens with one attached hydrogen (secondary N) is 2. The second kappa shape index (κ2) is 7.05. The highest BCUT2D eigenvalue weighted by Gasteiger charge is 2.24. The van der Waals surface area contributed by atoms with E-state index in [2.05, 4.69) is 15.5 Å². The van der Waals surface area contributed by atoms with Gasteiger partial charge in [0.25, 0.3) is 11.5 Å². The van der Waals surface area contributed by atoms with Gasteiger partial charge in [0.2, 0.25) is 0 Å². The minimum Gasteiger partial charge on any atom is -0.481 e. The summed E-state index contributed by atoms with van der Waals surface area (Å²) in [7, 11) is 0. The quantitative estimate of drug-likeness (QED) is 0.884. The van der Waals surface area contributed by atoms with Crippen LogP contribution in [0.3, 0.4) is 0 Å². The van der Waals surface area contributed by atoms with Crippen molar-refractivity contribution in [3.63, 3.8) is 0 Å². The van der Waals surface area contributed by atoms with Gasteiger partial charge in [0, 0.05) is 17.1 Å². The van der Waals surface area contributed by atoms with Gasteiger partial charge in [0.15, 0.2) is 6.10 Å². The Balaban J connectivity index is 1.59. The van der Waals surface area contributed by atoms with E-state index in [0.717, 1.165) is 24.1 Å². The van der Waals surface area contributed by atoms with E-state index >= 15 is 0 Å². The van der Waals surface area contributed by atoms with Crippen molar-refractivity contribution in [1.82, 2.24) is 15.5 Å². The highest BCUT2D eigenvalue weighted by atomic mass is 35.5. The Kier molecular flexibility index (Phi) is 4.85. The predicted octanol–water partition coefficient (Wildman–Crippen LogP) is 1.86. The summed E-state index contributed by atoms with van der Waals surface area (Å²) in [4.78, 5) is 23.7. The lowest BCUT2D eigenvalue weighted by Crippen LogP contribution is -2.45. The zero-order valence-electron chi connectivity index (χ0n) is 13.2. The molecule has 0 saturated heterocycles. The maximum atomic E-state index is 12.3. The number of carbonyl (C=O) groups excluding carboxylic acids is 1. The second-order valence-corrected chi connectivity index (χ2v) is 6.31. The van der Waals surface area contributed by atoms with E-state index in [1.54, 1.807) is 37.3 Å². The van der Waals surface area contributed by atoms with Crippen LogP contribution in [0.1, 0.15) is 24.6 Å². The fourth-order valence-electron chi connectivity index (χ4n) is 2.78. The number of fused-ring (bicyclic) bond motifs is 1. The van der Waals surface area contributed by atoms with Gasteiger partial charge in [-0.15, -0.1) is 0 Å². The molecule has 0 unspecified atom stereocenters. The molecule has 1 aromatic heterocycles. The predicted molar refractivity (Wildman–Crippen MR) is 90.4 cm³/mol. The molecule has 0 saturated carbocycles. The van der Waals surface area contributed by atoms with Crippen LogP contribution in [-0.2, 0) is 17.6 Å². The Morgan fingerprint density at radius 3 is 3.08 bits per heavy atom. The number of benzene rings is 1. The number of hydrogen-bond acceptors (Lipinski definition) is 4. The molecule has 3 rings (SSSR count). The van der Waals surface area contributed by atoms with E-state index in [9.17, 15) is 9.59 Å². The largest absolute Gasteiger partial charge is 0.481 e. The lowest BCUT2D eigenvalue weighted by atomic mass is 9.92. The van der Waals surface area contributed by atoms with Crippen molar-refractivity contribution in [2.75, 3.05) is 0 Å². The Bertz CT molecular complexity index is 806. The molecule has 1 amide bonds. The van der Waals surface area contributed by atoms with Crippen molar-refractivity contribution in [3.8, 4) is 5.75 Å². The molecule has 0 spiro atoms. The summed E-state index contributed by atoms with van der Waals surface area (Å²) >= 11 is 5.91. The Morgan fingerprint density at radius 1 is 1.46 bits per heavy atom. The summed E-state index contributed by atoms with van der Waals surface area (Å²) in [6, 6.07) is 8.45. The molecular formula is C17H18ClN3O3. The van der Waals surface area contributed by atoms with Crippen LogP contribution in [0.5, 0.6) is 5.75 Å². The smallest absolute Gasteiger partial charge is 0.264 e. The molecule has 0 radical (unpaired) electrons. The fourth-order valence-corrected chi connectivity index (χ4v) is 2.96. The molecule has 6 nitrogen and oxygen atoms in total. The molecule has 24 heavy (non-hydrogen) atoms. The molecular weight excluding hydrogens is 330 g/mol.